The number of H-pyrrole nitrogens is 1. The summed E-state index contributed by atoms with van der Waals surface area (Å²) in [5.74, 6) is -1.12. The number of aromatic amines is 1. The highest BCUT2D eigenvalue weighted by Crippen LogP contribution is 2.33. The molecule has 0 saturated heterocycles. The van der Waals surface area contributed by atoms with E-state index in [0.717, 1.165) is 24.8 Å². The molecule has 1 aromatic carbocycles. The number of nitrogens with zero attached hydrogens (tertiary/aromatic N) is 1. The van der Waals surface area contributed by atoms with Gasteiger partial charge in [0.05, 0.1) is 5.92 Å². The van der Waals surface area contributed by atoms with Gasteiger partial charge >= 0.3 is 5.97 Å². The Bertz CT molecular complexity index is 867. The molecule has 136 valence electrons. The van der Waals surface area contributed by atoms with Crippen LogP contribution >= 0.6 is 0 Å². The Labute approximate surface area is 152 Å². The predicted octanol–water partition coefficient (Wildman–Crippen LogP) is 3.67. The molecule has 0 bridgehead atoms. The van der Waals surface area contributed by atoms with Crippen LogP contribution in [-0.2, 0) is 9.59 Å². The summed E-state index contributed by atoms with van der Waals surface area (Å²) in [5, 5.41) is 10.5. The normalized spacial score (nSPS) is 23.7. The van der Waals surface area contributed by atoms with Crippen molar-refractivity contribution >= 4 is 28.4 Å². The van der Waals surface area contributed by atoms with Gasteiger partial charge in [-0.1, -0.05) is 30.7 Å². The number of benzene rings is 1. The molecule has 1 amide bonds. The molecule has 1 fully saturated rings. The van der Waals surface area contributed by atoms with Crippen LogP contribution in [0.4, 0.5) is 0 Å². The Morgan fingerprint density at radius 2 is 1.96 bits per heavy atom. The minimum atomic E-state index is -0.761. The maximum Gasteiger partial charge on any atom is 0.306 e. The molecule has 1 saturated carbocycles. The summed E-state index contributed by atoms with van der Waals surface area (Å²) < 4.78 is 0. The van der Waals surface area contributed by atoms with E-state index in [1.54, 1.807) is 0 Å². The summed E-state index contributed by atoms with van der Waals surface area (Å²) in [6, 6.07) is 8.25. The smallest absolute Gasteiger partial charge is 0.306 e. The molecule has 2 aromatic rings. The maximum absolute atomic E-state index is 12.8. The van der Waals surface area contributed by atoms with E-state index >= 15 is 0 Å². The molecule has 26 heavy (non-hydrogen) atoms. The molecule has 2 N–H and O–H groups in total. The van der Waals surface area contributed by atoms with Crippen molar-refractivity contribution in [1.82, 2.24) is 9.88 Å². The minimum absolute atomic E-state index is 0.130. The van der Waals surface area contributed by atoms with E-state index in [4.69, 9.17) is 0 Å². The first-order chi connectivity index (χ1) is 12.6. The Morgan fingerprint density at radius 1 is 1.15 bits per heavy atom. The molecule has 5 nitrogen and oxygen atoms in total. The molecular formula is C21H24N2O3. The van der Waals surface area contributed by atoms with Crippen LogP contribution in [0.3, 0.4) is 0 Å². The first kappa shape index (κ1) is 16.9. The van der Waals surface area contributed by atoms with Gasteiger partial charge in [-0.2, -0.15) is 0 Å². The quantitative estimate of drug-likeness (QED) is 0.885. The van der Waals surface area contributed by atoms with E-state index in [0.29, 0.717) is 25.9 Å². The van der Waals surface area contributed by atoms with Crippen molar-refractivity contribution in [1.29, 1.82) is 0 Å². The number of nitrogens with one attached hydrogen (secondary N) is 1. The number of carboxylic acid groups (broad SMARTS) is 1. The van der Waals surface area contributed by atoms with Gasteiger partial charge < -0.3 is 15.0 Å². The molecule has 4 rings (SSSR count). The topological polar surface area (TPSA) is 73.4 Å². The molecule has 2 unspecified atom stereocenters. The van der Waals surface area contributed by atoms with Crippen LogP contribution in [0, 0.1) is 11.8 Å². The summed E-state index contributed by atoms with van der Waals surface area (Å²) >= 11 is 0. The fourth-order valence-electron chi connectivity index (χ4n) is 4.35. The van der Waals surface area contributed by atoms with Gasteiger partial charge in [0, 0.05) is 41.7 Å². The van der Waals surface area contributed by atoms with Crippen molar-refractivity contribution in [3.8, 4) is 0 Å². The lowest BCUT2D eigenvalue weighted by Gasteiger charge is -2.33. The minimum Gasteiger partial charge on any atom is -0.481 e. The highest BCUT2D eigenvalue weighted by Gasteiger charge is 2.33. The van der Waals surface area contributed by atoms with Gasteiger partial charge in [0.25, 0.3) is 0 Å². The third-order valence-electron chi connectivity index (χ3n) is 5.83. The summed E-state index contributed by atoms with van der Waals surface area (Å²) in [6.45, 7) is 1.32. The number of carboxylic acids is 1. The van der Waals surface area contributed by atoms with Gasteiger partial charge in [-0.15, -0.1) is 0 Å². The lowest BCUT2D eigenvalue weighted by molar-refractivity contribution is -0.145. The van der Waals surface area contributed by atoms with Crippen molar-refractivity contribution < 1.29 is 14.7 Å². The summed E-state index contributed by atoms with van der Waals surface area (Å²) in [7, 11) is 0. The predicted molar refractivity (Wildman–Crippen MR) is 101 cm³/mol. The maximum atomic E-state index is 12.8. The average molecular weight is 352 g/mol. The Morgan fingerprint density at radius 3 is 2.73 bits per heavy atom. The van der Waals surface area contributed by atoms with Crippen molar-refractivity contribution in [2.75, 3.05) is 13.1 Å². The average Bonchev–Trinajstić information content (AvgIpc) is 3.12. The van der Waals surface area contributed by atoms with Gasteiger partial charge in [0.2, 0.25) is 5.91 Å². The number of hydrogen-bond acceptors (Lipinski definition) is 2. The lowest BCUT2D eigenvalue weighted by Crippen LogP contribution is -2.41. The molecule has 2 aliphatic rings. The zero-order chi connectivity index (χ0) is 18.1. The molecule has 5 heteroatoms. The largest absolute Gasteiger partial charge is 0.481 e. The van der Waals surface area contributed by atoms with Crippen molar-refractivity contribution in [2.45, 2.75) is 32.1 Å². The van der Waals surface area contributed by atoms with Crippen molar-refractivity contribution in [3.63, 3.8) is 0 Å². The number of fused-ring (bicyclic) bond motifs is 1. The second-order valence-electron chi connectivity index (χ2n) is 7.41. The van der Waals surface area contributed by atoms with Gasteiger partial charge in [-0.05, 0) is 37.3 Å². The van der Waals surface area contributed by atoms with E-state index in [9.17, 15) is 14.7 Å². The zero-order valence-electron chi connectivity index (χ0n) is 14.8. The van der Waals surface area contributed by atoms with Crippen LogP contribution in [0.5, 0.6) is 0 Å². The number of carbonyl (C=O) groups excluding carboxylic acids is 1. The number of rotatable bonds is 3. The van der Waals surface area contributed by atoms with E-state index in [1.165, 1.54) is 16.5 Å². The number of hydrogen-bond donors (Lipinski definition) is 2. The third-order valence-corrected chi connectivity index (χ3v) is 5.83. The zero-order valence-corrected chi connectivity index (χ0v) is 14.8. The van der Waals surface area contributed by atoms with Crippen LogP contribution < -0.4 is 0 Å². The van der Waals surface area contributed by atoms with E-state index in [-0.39, 0.29) is 17.7 Å². The van der Waals surface area contributed by atoms with Gasteiger partial charge in [-0.25, -0.2) is 0 Å². The number of amides is 1. The first-order valence-corrected chi connectivity index (χ1v) is 9.40. The van der Waals surface area contributed by atoms with Gasteiger partial charge in [0.15, 0.2) is 0 Å². The van der Waals surface area contributed by atoms with E-state index in [1.807, 2.05) is 23.2 Å². The number of aromatic nitrogens is 1. The Balaban J connectivity index is 1.45. The second-order valence-corrected chi connectivity index (χ2v) is 7.41. The molecule has 0 spiro atoms. The third kappa shape index (κ3) is 3.14. The van der Waals surface area contributed by atoms with Crippen LogP contribution in [-0.4, -0.2) is 40.0 Å². The molecule has 2 heterocycles. The number of carbonyl (C=O) groups is 2. The number of para-hydroxylation sites is 1. The molecule has 2 atom stereocenters. The fourth-order valence-corrected chi connectivity index (χ4v) is 4.35. The van der Waals surface area contributed by atoms with Crippen LogP contribution in [0.2, 0.25) is 0 Å². The standard InChI is InChI=1S/C21H24N2O3/c24-20(15-4-3-5-16(12-15)21(25)26)23-10-8-14(9-11-23)18-13-22-19-7-2-1-6-17(18)19/h1-2,6-8,13,15-16,22H,3-5,9-12H2,(H,25,26). The summed E-state index contributed by atoms with van der Waals surface area (Å²) in [5.41, 5.74) is 3.62. The van der Waals surface area contributed by atoms with Crippen LogP contribution in [0.1, 0.15) is 37.7 Å². The molecular weight excluding hydrogens is 328 g/mol. The SMILES string of the molecule is O=C(O)C1CCCC(C(=O)N2CC=C(c3c[nH]c4ccccc34)CC2)C1. The van der Waals surface area contributed by atoms with Gasteiger partial charge in [-0.3, -0.25) is 9.59 Å². The molecule has 1 aliphatic carbocycles. The Hall–Kier alpha value is -2.56. The fraction of sp³-hybridized carbons (Fsp3) is 0.429. The molecule has 0 radical (unpaired) electrons. The highest BCUT2D eigenvalue weighted by molar-refractivity contribution is 5.93. The summed E-state index contributed by atoms with van der Waals surface area (Å²) in [6.07, 6.45) is 7.87. The van der Waals surface area contributed by atoms with Crippen molar-refractivity contribution in [3.05, 3.63) is 42.1 Å². The van der Waals surface area contributed by atoms with Crippen LogP contribution in [0.15, 0.2) is 36.5 Å². The molecule has 1 aromatic heterocycles. The molecule has 1 aliphatic heterocycles. The monoisotopic (exact) mass is 352 g/mol. The Kier molecular flexibility index (Phi) is 4.53. The van der Waals surface area contributed by atoms with Crippen LogP contribution in [0.25, 0.3) is 16.5 Å². The number of aliphatic carboxylic acids is 1. The van der Waals surface area contributed by atoms with E-state index < -0.39 is 5.97 Å². The first-order valence-electron chi connectivity index (χ1n) is 9.40. The second kappa shape index (κ2) is 6.98. The van der Waals surface area contributed by atoms with Gasteiger partial charge in [0.1, 0.15) is 0 Å². The highest BCUT2D eigenvalue weighted by atomic mass is 16.4. The lowest BCUT2D eigenvalue weighted by atomic mass is 9.80. The van der Waals surface area contributed by atoms with Crippen molar-refractivity contribution in [2.24, 2.45) is 11.8 Å². The summed E-state index contributed by atoms with van der Waals surface area (Å²) in [4.78, 5) is 29.3. The van der Waals surface area contributed by atoms with E-state index in [2.05, 4.69) is 23.2 Å².